The van der Waals surface area contributed by atoms with Crippen LogP contribution in [0.15, 0.2) is 24.3 Å². The largest absolute Gasteiger partial charge is 0.472 e. The van der Waals surface area contributed by atoms with Crippen LogP contribution < -0.4 is 5.32 Å². The molecular weight excluding hydrogens is 840 g/mol. The Balaban J connectivity index is 4.06. The number of aliphatic hydroxyl groups excluding tert-OH is 1. The number of unbranched alkanes of at least 4 members (excludes halogenated alkanes) is 36. The van der Waals surface area contributed by atoms with E-state index in [9.17, 15) is 19.4 Å². The lowest BCUT2D eigenvalue weighted by atomic mass is 10.0. The molecule has 9 heteroatoms. The van der Waals surface area contributed by atoms with E-state index in [1.54, 1.807) is 0 Å². The number of carbonyl (C=O) groups excluding carboxylic acids is 1. The molecule has 0 aromatic rings. The molecule has 0 radical (unpaired) electrons. The smallest absolute Gasteiger partial charge is 0.391 e. The molecule has 0 aliphatic heterocycles. The molecule has 3 N–H and O–H groups in total. The van der Waals surface area contributed by atoms with Gasteiger partial charge in [0.1, 0.15) is 13.2 Å². The molecule has 392 valence electrons. The first-order valence-corrected chi connectivity index (χ1v) is 30.2. The highest BCUT2D eigenvalue weighted by molar-refractivity contribution is 7.47. The molecule has 0 aliphatic rings. The van der Waals surface area contributed by atoms with Crippen LogP contribution in [-0.4, -0.2) is 73.4 Å². The van der Waals surface area contributed by atoms with Crippen molar-refractivity contribution in [3.05, 3.63) is 24.3 Å². The first kappa shape index (κ1) is 65.0. The SMILES string of the molecule is CCCCCCC/C=C\C/C=C\CCCCCCCCCCCCCCCCCCCC(=O)NC(COP(=O)(O)OCC[N+](C)(C)C)C(O)CCCCCCCCCCCCCCCCC. The number of carbonyl (C=O) groups is 1. The second-order valence-electron chi connectivity index (χ2n) is 21.0. The minimum atomic E-state index is -4.32. The van der Waals surface area contributed by atoms with Gasteiger partial charge in [0.25, 0.3) is 0 Å². The Kier molecular flexibility index (Phi) is 48.2. The maximum atomic E-state index is 13.0. The van der Waals surface area contributed by atoms with E-state index in [1.165, 1.54) is 212 Å². The number of nitrogens with zero attached hydrogens (tertiary/aromatic N) is 1. The zero-order valence-corrected chi connectivity index (χ0v) is 45.6. The Morgan fingerprint density at radius 1 is 0.515 bits per heavy atom. The number of quaternary nitrogens is 1. The molecule has 8 nitrogen and oxygen atoms in total. The standard InChI is InChI=1S/C57H113N2O6P/c1-6-8-10-12-14-16-18-20-22-23-24-25-26-27-28-29-30-31-32-33-34-35-37-39-41-43-45-47-49-51-57(61)58-55(54-65-66(62,63)64-53-52-59(3,4)5)56(60)50-48-46-44-42-40-38-36-21-19-17-15-13-11-9-7-2/h18,20,23-24,55-56,60H,6-17,19,21-22,25-54H2,1-5H3,(H-,58,61,62,63)/p+1/b20-18-,24-23-. The van der Waals surface area contributed by atoms with Gasteiger partial charge in [-0.2, -0.15) is 0 Å². The molecule has 3 atom stereocenters. The Hall–Kier alpha value is -1.02. The van der Waals surface area contributed by atoms with Gasteiger partial charge in [0.2, 0.25) is 5.91 Å². The summed E-state index contributed by atoms with van der Waals surface area (Å²) in [7, 11) is 1.63. The summed E-state index contributed by atoms with van der Waals surface area (Å²) in [6.45, 7) is 4.91. The third kappa shape index (κ3) is 50.8. The first-order valence-electron chi connectivity index (χ1n) is 28.7. The van der Waals surface area contributed by atoms with E-state index in [2.05, 4.69) is 43.5 Å². The van der Waals surface area contributed by atoms with Crippen molar-refractivity contribution in [2.75, 3.05) is 40.9 Å². The van der Waals surface area contributed by atoms with Gasteiger partial charge in [0.05, 0.1) is 39.9 Å². The molecule has 0 saturated carbocycles. The highest BCUT2D eigenvalue weighted by Gasteiger charge is 2.28. The second kappa shape index (κ2) is 49.0. The van der Waals surface area contributed by atoms with E-state index in [1.807, 2.05) is 21.1 Å². The molecule has 0 fully saturated rings. The van der Waals surface area contributed by atoms with Crippen LogP contribution in [0.3, 0.4) is 0 Å². The van der Waals surface area contributed by atoms with Crippen molar-refractivity contribution in [3.63, 3.8) is 0 Å². The van der Waals surface area contributed by atoms with Crippen LogP contribution in [0.5, 0.6) is 0 Å². The van der Waals surface area contributed by atoms with E-state index in [0.29, 0.717) is 23.9 Å². The van der Waals surface area contributed by atoms with Crippen molar-refractivity contribution in [3.8, 4) is 0 Å². The zero-order valence-electron chi connectivity index (χ0n) is 44.7. The minimum absolute atomic E-state index is 0.0768. The zero-order chi connectivity index (χ0) is 48.5. The minimum Gasteiger partial charge on any atom is -0.391 e. The number of hydrogen-bond donors (Lipinski definition) is 3. The number of aliphatic hydroxyl groups is 1. The third-order valence-electron chi connectivity index (χ3n) is 13.2. The summed E-state index contributed by atoms with van der Waals surface area (Å²) in [5.41, 5.74) is 0. The van der Waals surface area contributed by atoms with Crippen molar-refractivity contribution in [1.82, 2.24) is 5.32 Å². The molecule has 66 heavy (non-hydrogen) atoms. The summed E-state index contributed by atoms with van der Waals surface area (Å²) >= 11 is 0. The third-order valence-corrected chi connectivity index (χ3v) is 14.2. The number of phosphoric acid groups is 1. The van der Waals surface area contributed by atoms with Crippen molar-refractivity contribution in [2.45, 2.75) is 296 Å². The Morgan fingerprint density at radius 3 is 1.24 bits per heavy atom. The number of rotatable bonds is 53. The van der Waals surface area contributed by atoms with Gasteiger partial charge >= 0.3 is 7.82 Å². The van der Waals surface area contributed by atoms with Crippen molar-refractivity contribution < 1.29 is 32.9 Å². The van der Waals surface area contributed by atoms with Crippen LogP contribution in [0.2, 0.25) is 0 Å². The van der Waals surface area contributed by atoms with Gasteiger partial charge in [0, 0.05) is 6.42 Å². The van der Waals surface area contributed by atoms with E-state index in [-0.39, 0.29) is 19.1 Å². The summed E-state index contributed by atoms with van der Waals surface area (Å²) in [5, 5.41) is 14.0. The summed E-state index contributed by atoms with van der Waals surface area (Å²) in [4.78, 5) is 23.3. The molecular formula is C57H114N2O6P+. The van der Waals surface area contributed by atoms with Gasteiger partial charge in [-0.3, -0.25) is 13.8 Å². The van der Waals surface area contributed by atoms with Crippen molar-refractivity contribution in [1.29, 1.82) is 0 Å². The van der Waals surface area contributed by atoms with E-state index in [4.69, 9.17) is 9.05 Å². The molecule has 0 aliphatic carbocycles. The first-order chi connectivity index (χ1) is 32.0. The number of hydrogen-bond acceptors (Lipinski definition) is 5. The van der Waals surface area contributed by atoms with E-state index >= 15 is 0 Å². The Labute approximate surface area is 411 Å². The van der Waals surface area contributed by atoms with Crippen molar-refractivity contribution >= 4 is 13.7 Å². The molecule has 0 aromatic heterocycles. The van der Waals surface area contributed by atoms with Gasteiger partial charge in [-0.15, -0.1) is 0 Å². The highest BCUT2D eigenvalue weighted by atomic mass is 31.2. The van der Waals surface area contributed by atoms with E-state index in [0.717, 1.165) is 44.9 Å². The predicted molar refractivity (Wildman–Crippen MR) is 286 cm³/mol. The topological polar surface area (TPSA) is 105 Å². The number of allylic oxidation sites excluding steroid dienone is 4. The second-order valence-corrected chi connectivity index (χ2v) is 22.5. The van der Waals surface area contributed by atoms with Crippen LogP contribution in [0.25, 0.3) is 0 Å². The molecule has 3 unspecified atom stereocenters. The van der Waals surface area contributed by atoms with Crippen LogP contribution in [0.1, 0.15) is 284 Å². The maximum Gasteiger partial charge on any atom is 0.472 e. The van der Waals surface area contributed by atoms with Crippen LogP contribution >= 0.6 is 7.82 Å². The molecule has 0 rings (SSSR count). The lowest BCUT2D eigenvalue weighted by Crippen LogP contribution is -2.46. The molecule has 0 saturated heterocycles. The average Bonchev–Trinajstić information content (AvgIpc) is 3.28. The van der Waals surface area contributed by atoms with Crippen LogP contribution in [0, 0.1) is 0 Å². The lowest BCUT2D eigenvalue weighted by Gasteiger charge is -2.26. The van der Waals surface area contributed by atoms with Gasteiger partial charge in [0.15, 0.2) is 0 Å². The Morgan fingerprint density at radius 2 is 0.864 bits per heavy atom. The maximum absolute atomic E-state index is 13.0. The summed E-state index contributed by atoms with van der Waals surface area (Å²) in [6.07, 6.45) is 60.9. The predicted octanol–water partition coefficient (Wildman–Crippen LogP) is 17.2. The van der Waals surface area contributed by atoms with Crippen LogP contribution in [-0.2, 0) is 18.4 Å². The average molecular weight is 955 g/mol. The molecule has 1 amide bonds. The van der Waals surface area contributed by atoms with E-state index < -0.39 is 20.0 Å². The summed E-state index contributed by atoms with van der Waals surface area (Å²) in [5.74, 6) is -0.140. The van der Waals surface area contributed by atoms with Gasteiger partial charge < -0.3 is 19.8 Å². The number of amides is 1. The normalized spacial score (nSPS) is 14.1. The number of likely N-dealkylation sites (N-methyl/N-ethyl adjacent to an activating group) is 1. The number of nitrogens with one attached hydrogen (secondary N) is 1. The van der Waals surface area contributed by atoms with Gasteiger partial charge in [-0.05, 0) is 44.9 Å². The molecule has 0 aromatic carbocycles. The molecule has 0 bridgehead atoms. The lowest BCUT2D eigenvalue weighted by molar-refractivity contribution is -0.870. The monoisotopic (exact) mass is 954 g/mol. The fraction of sp³-hybridized carbons (Fsp3) is 0.912. The fourth-order valence-corrected chi connectivity index (χ4v) is 9.40. The summed E-state index contributed by atoms with van der Waals surface area (Å²) in [6, 6.07) is -0.758. The molecule has 0 spiro atoms. The number of phosphoric ester groups is 1. The quantitative estimate of drug-likeness (QED) is 0.0243. The van der Waals surface area contributed by atoms with Gasteiger partial charge in [-0.25, -0.2) is 4.57 Å². The molecule has 0 heterocycles. The van der Waals surface area contributed by atoms with Crippen molar-refractivity contribution in [2.24, 2.45) is 0 Å². The Bertz CT molecular complexity index is 1130. The summed E-state index contributed by atoms with van der Waals surface area (Å²) < 4.78 is 23.8. The van der Waals surface area contributed by atoms with Gasteiger partial charge in [-0.1, -0.05) is 256 Å². The fourth-order valence-electron chi connectivity index (χ4n) is 8.67. The van der Waals surface area contributed by atoms with Crippen LogP contribution in [0.4, 0.5) is 0 Å². The highest BCUT2D eigenvalue weighted by Crippen LogP contribution is 2.43.